The van der Waals surface area contributed by atoms with E-state index in [0.29, 0.717) is 4.89 Å². The Morgan fingerprint density at radius 1 is 2.00 bits per heavy atom. The van der Waals surface area contributed by atoms with E-state index >= 15 is 0 Å². The molecule has 0 amide bonds. The van der Waals surface area contributed by atoms with E-state index in [2.05, 4.69) is 12.2 Å². The summed E-state index contributed by atoms with van der Waals surface area (Å²) in [7, 11) is 1.68. The highest BCUT2D eigenvalue weighted by Crippen LogP contribution is 1.38. The fraction of sp³-hybridized carbons (Fsp3) is 0. The highest BCUT2D eigenvalue weighted by Gasteiger charge is 1.56. The summed E-state index contributed by atoms with van der Waals surface area (Å²) in [5.74, 6) is 0. The molecule has 0 aliphatic heterocycles. The Kier molecular flexibility index (Phi) is 1.28. The van der Waals surface area contributed by atoms with Gasteiger partial charge in [0.1, 0.15) is 0 Å². The smallest absolute Gasteiger partial charge is 0.174 e. The third-order valence-corrected chi connectivity index (χ3v) is 0. The summed E-state index contributed by atoms with van der Waals surface area (Å²) in [6.07, 6.45) is 0. The van der Waals surface area contributed by atoms with E-state index in [4.69, 9.17) is 5.73 Å². The lowest BCUT2D eigenvalue weighted by atomic mass is 10.2. The maximum atomic E-state index is 4.84. The summed E-state index contributed by atoms with van der Waals surface area (Å²) >= 11 is 4.31. The highest BCUT2D eigenvalue weighted by atomic mass is 32.1. The van der Waals surface area contributed by atoms with Gasteiger partial charge in [-0.05, 0) is 0 Å². The summed E-state index contributed by atoms with van der Waals surface area (Å²) in [4.78, 5) is 0.500. The van der Waals surface area contributed by atoms with Gasteiger partial charge >= 0.3 is 0 Å². The zero-order valence-corrected chi connectivity index (χ0v) is 3.30. The molecule has 0 aliphatic rings. The van der Waals surface area contributed by atoms with Crippen LogP contribution in [0, 0.1) is 0 Å². The second-order valence-corrected chi connectivity index (χ2v) is 1.25. The molecule has 0 spiro atoms. The van der Waals surface area contributed by atoms with Gasteiger partial charge < -0.3 is 5.73 Å². The van der Waals surface area contributed by atoms with Crippen molar-refractivity contribution in [1.29, 1.82) is 0 Å². The molecule has 0 unspecified atom stereocenters. The van der Waals surface area contributed by atoms with Gasteiger partial charge in [-0.25, -0.2) is 0 Å². The average molecular weight is 72.9 g/mol. The van der Waals surface area contributed by atoms with Gasteiger partial charge in [0, 0.05) is 4.89 Å². The van der Waals surface area contributed by atoms with Gasteiger partial charge in [-0.1, -0.05) is 12.2 Å². The first-order valence-electron chi connectivity index (χ1n) is 0.993. The zero-order valence-electron chi connectivity index (χ0n) is 2.49. The molecular weight excluding hydrogens is 68.9 g/mol. The van der Waals surface area contributed by atoms with E-state index in [1.54, 1.807) is 7.85 Å². The monoisotopic (exact) mass is 73.0 g/mol. The van der Waals surface area contributed by atoms with Crippen molar-refractivity contribution in [3.05, 3.63) is 0 Å². The van der Waals surface area contributed by atoms with Crippen molar-refractivity contribution < 1.29 is 0 Å². The molecule has 0 saturated heterocycles. The first kappa shape index (κ1) is 3.95. The number of hydrogen-bond donors (Lipinski definition) is 1. The molecule has 0 fully saturated rings. The van der Waals surface area contributed by atoms with Crippen LogP contribution in [-0.2, 0) is 0 Å². The second kappa shape index (κ2) is 1.29. The van der Waals surface area contributed by atoms with Crippen molar-refractivity contribution >= 4 is 25.0 Å². The van der Waals surface area contributed by atoms with Crippen LogP contribution in [0.3, 0.4) is 0 Å². The summed E-state index contributed by atoms with van der Waals surface area (Å²) in [6.45, 7) is 0. The van der Waals surface area contributed by atoms with Crippen LogP contribution in [0.2, 0.25) is 0 Å². The van der Waals surface area contributed by atoms with Crippen LogP contribution in [0.1, 0.15) is 0 Å². The fourth-order valence-electron chi connectivity index (χ4n) is 0. The Balaban J connectivity index is 2.80. The Labute approximate surface area is 31.6 Å². The lowest BCUT2D eigenvalue weighted by Crippen LogP contribution is -2.04. The molecule has 4 heavy (non-hydrogen) atoms. The largest absolute Gasteiger partial charge is 0.402 e. The number of nitrogens with two attached hydrogens (primary N) is 1. The van der Waals surface area contributed by atoms with Crippen LogP contribution in [-0.4, -0.2) is 12.7 Å². The minimum Gasteiger partial charge on any atom is -0.402 e. The highest BCUT2D eigenvalue weighted by molar-refractivity contribution is 7.82. The van der Waals surface area contributed by atoms with Crippen molar-refractivity contribution in [3.63, 3.8) is 0 Å². The minimum absolute atomic E-state index is 0.500. The average Bonchev–Trinajstić information content (AvgIpc) is 0.811. The molecule has 0 rings (SSSR count). The van der Waals surface area contributed by atoms with E-state index in [-0.39, 0.29) is 0 Å². The Morgan fingerprint density at radius 3 is 2.00 bits per heavy atom. The van der Waals surface area contributed by atoms with Gasteiger partial charge in [-0.15, -0.1) is 0 Å². The zero-order chi connectivity index (χ0) is 3.58. The first-order chi connectivity index (χ1) is 1.73. The van der Waals surface area contributed by atoms with E-state index in [9.17, 15) is 0 Å². The van der Waals surface area contributed by atoms with E-state index in [0.717, 1.165) is 0 Å². The van der Waals surface area contributed by atoms with Crippen molar-refractivity contribution in [1.82, 2.24) is 0 Å². The lowest BCUT2D eigenvalue weighted by molar-refractivity contribution is 1.90. The van der Waals surface area contributed by atoms with E-state index in [1.807, 2.05) is 0 Å². The van der Waals surface area contributed by atoms with Gasteiger partial charge in [-0.2, -0.15) is 0 Å². The maximum Gasteiger partial charge on any atom is 0.174 e. The second-order valence-electron chi connectivity index (χ2n) is 0.611. The number of thiocarbonyl (C=S) groups is 1. The summed E-state index contributed by atoms with van der Waals surface area (Å²) in [5, 5.41) is 0. The van der Waals surface area contributed by atoms with Gasteiger partial charge in [-0.3, -0.25) is 0 Å². The van der Waals surface area contributed by atoms with Crippen molar-refractivity contribution in [2.24, 2.45) is 5.73 Å². The summed E-state index contributed by atoms with van der Waals surface area (Å²) in [5.41, 5.74) is 4.84. The van der Waals surface area contributed by atoms with E-state index in [1.165, 1.54) is 0 Å². The van der Waals surface area contributed by atoms with Gasteiger partial charge in [0.25, 0.3) is 0 Å². The molecule has 2 N–H and O–H groups in total. The SMILES string of the molecule is BC(N)=S. The molecule has 1 nitrogen and oxygen atoms in total. The standard InChI is InChI=1S/CH4BNS/c2-1(3)4/h2H2,(H2,3,4). The topological polar surface area (TPSA) is 26.0 Å². The Hall–Kier alpha value is -0.0451. The Morgan fingerprint density at radius 2 is 2.00 bits per heavy atom. The van der Waals surface area contributed by atoms with Crippen molar-refractivity contribution in [3.8, 4) is 0 Å². The predicted molar refractivity (Wildman–Crippen MR) is 25.3 cm³/mol. The quantitative estimate of drug-likeness (QED) is 0.290. The molecule has 0 bridgehead atoms. The lowest BCUT2D eigenvalue weighted by Gasteiger charge is -1.65. The molecule has 3 heteroatoms. The van der Waals surface area contributed by atoms with E-state index < -0.39 is 0 Å². The molecule has 0 aromatic heterocycles. The Bertz CT molecular complexity index is 31.0. The van der Waals surface area contributed by atoms with Gasteiger partial charge in [0.15, 0.2) is 7.85 Å². The molecule has 0 saturated carbocycles. The minimum atomic E-state index is 0.500. The number of rotatable bonds is 0. The molecule has 0 aromatic carbocycles. The number of hydrogen-bond acceptors (Lipinski definition) is 1. The van der Waals surface area contributed by atoms with Crippen LogP contribution in [0.25, 0.3) is 0 Å². The molecule has 22 valence electrons. The molecule has 0 aliphatic carbocycles. The third-order valence-electron chi connectivity index (χ3n) is 0. The summed E-state index contributed by atoms with van der Waals surface area (Å²) in [6, 6.07) is 0. The van der Waals surface area contributed by atoms with Gasteiger partial charge in [0.05, 0.1) is 0 Å². The molecular formula is CH4BNS. The molecule has 0 heterocycles. The van der Waals surface area contributed by atoms with Crippen LogP contribution in [0.15, 0.2) is 0 Å². The van der Waals surface area contributed by atoms with Crippen LogP contribution >= 0.6 is 12.2 Å². The van der Waals surface area contributed by atoms with Crippen LogP contribution < -0.4 is 5.73 Å². The predicted octanol–water partition coefficient (Wildman–Crippen LogP) is -1.14. The fourth-order valence-corrected chi connectivity index (χ4v) is 0. The van der Waals surface area contributed by atoms with Crippen LogP contribution in [0.4, 0.5) is 0 Å². The summed E-state index contributed by atoms with van der Waals surface area (Å²) < 4.78 is 0. The molecule has 0 aromatic rings. The third kappa shape index (κ3) is 878. The van der Waals surface area contributed by atoms with Gasteiger partial charge in [0.2, 0.25) is 0 Å². The first-order valence-corrected chi connectivity index (χ1v) is 1.40. The van der Waals surface area contributed by atoms with Crippen LogP contribution in [0.5, 0.6) is 0 Å². The molecule has 0 radical (unpaired) electrons. The molecule has 0 atom stereocenters. The van der Waals surface area contributed by atoms with Crippen molar-refractivity contribution in [2.45, 2.75) is 0 Å². The van der Waals surface area contributed by atoms with Crippen molar-refractivity contribution in [2.75, 3.05) is 0 Å². The maximum absolute atomic E-state index is 4.84. The normalized spacial score (nSPS) is 6.00.